The lowest BCUT2D eigenvalue weighted by Gasteiger charge is -2.17. The predicted octanol–water partition coefficient (Wildman–Crippen LogP) is 2.01. The van der Waals surface area contributed by atoms with Crippen LogP contribution in [-0.2, 0) is 25.7 Å². The topological polar surface area (TPSA) is 116 Å². The molecule has 1 amide bonds. The number of ketones is 1. The van der Waals surface area contributed by atoms with E-state index >= 15 is 0 Å². The smallest absolute Gasteiger partial charge is 0.307 e. The summed E-state index contributed by atoms with van der Waals surface area (Å²) in [5.74, 6) is -2.72. The van der Waals surface area contributed by atoms with Gasteiger partial charge in [0.15, 0.2) is 6.61 Å². The van der Waals surface area contributed by atoms with E-state index in [2.05, 4.69) is 5.32 Å². The number of esters is 1. The summed E-state index contributed by atoms with van der Waals surface area (Å²) in [6.45, 7) is 1.20. The fourth-order valence-electron chi connectivity index (χ4n) is 3.24. The maximum absolute atomic E-state index is 12.0. The fraction of sp³-hybridized carbons (Fsp3) is 0.500. The van der Waals surface area contributed by atoms with E-state index < -0.39 is 35.2 Å². The second-order valence-corrected chi connectivity index (χ2v) is 7.14. The van der Waals surface area contributed by atoms with E-state index in [0.717, 1.165) is 5.56 Å². The van der Waals surface area contributed by atoms with Crippen molar-refractivity contribution in [3.63, 3.8) is 0 Å². The summed E-state index contributed by atoms with van der Waals surface area (Å²) in [5, 5.41) is 14.0. The Balaban J connectivity index is 1.77. The molecule has 0 unspecified atom stereocenters. The van der Waals surface area contributed by atoms with Gasteiger partial charge in [-0.2, -0.15) is 0 Å². The second-order valence-electron chi connectivity index (χ2n) is 6.70. The van der Waals surface area contributed by atoms with Crippen molar-refractivity contribution in [2.75, 3.05) is 13.2 Å². The average molecular weight is 397 g/mol. The number of hydrogen-bond acceptors (Lipinski definition) is 6. The van der Waals surface area contributed by atoms with Gasteiger partial charge in [-0.3, -0.25) is 24.5 Å². The van der Waals surface area contributed by atoms with Crippen LogP contribution in [0.2, 0.25) is 5.02 Å². The molecule has 0 saturated heterocycles. The Morgan fingerprint density at radius 2 is 2.00 bits per heavy atom. The number of ether oxygens (including phenoxy) is 1. The van der Waals surface area contributed by atoms with Crippen molar-refractivity contribution in [1.29, 1.82) is 0 Å². The van der Waals surface area contributed by atoms with Crippen LogP contribution in [0, 0.1) is 27.9 Å². The zero-order chi connectivity index (χ0) is 20.0. The molecule has 1 aromatic rings. The molecule has 146 valence electrons. The molecule has 0 heterocycles. The summed E-state index contributed by atoms with van der Waals surface area (Å²) < 4.78 is 4.92. The first-order valence-electron chi connectivity index (χ1n) is 8.57. The largest absolute Gasteiger partial charge is 0.456 e. The van der Waals surface area contributed by atoms with Gasteiger partial charge in [-0.1, -0.05) is 30.7 Å². The quantitative estimate of drug-likeness (QED) is 0.408. The average Bonchev–Trinajstić information content (AvgIpc) is 2.86. The van der Waals surface area contributed by atoms with Gasteiger partial charge < -0.3 is 10.1 Å². The van der Waals surface area contributed by atoms with Crippen LogP contribution in [0.15, 0.2) is 24.3 Å². The van der Waals surface area contributed by atoms with Crippen molar-refractivity contribution < 1.29 is 24.0 Å². The van der Waals surface area contributed by atoms with E-state index in [1.807, 2.05) is 0 Å². The monoisotopic (exact) mass is 396 g/mol. The van der Waals surface area contributed by atoms with Gasteiger partial charge in [0.1, 0.15) is 5.78 Å². The molecular formula is C18H21ClN2O6. The maximum Gasteiger partial charge on any atom is 0.307 e. The van der Waals surface area contributed by atoms with Gasteiger partial charge in [0, 0.05) is 34.7 Å². The number of nitrogens with one attached hydrogen (secondary N) is 1. The first kappa shape index (κ1) is 20.8. The Morgan fingerprint density at radius 1 is 1.33 bits per heavy atom. The molecule has 0 aliphatic heterocycles. The molecule has 3 atom stereocenters. The van der Waals surface area contributed by atoms with Crippen molar-refractivity contribution in [2.45, 2.75) is 26.3 Å². The summed E-state index contributed by atoms with van der Waals surface area (Å²) in [7, 11) is 0. The Kier molecular flexibility index (Phi) is 7.29. The minimum absolute atomic E-state index is 0.150. The summed E-state index contributed by atoms with van der Waals surface area (Å²) in [6.07, 6.45) is -0.0236. The van der Waals surface area contributed by atoms with Gasteiger partial charge in [-0.05, 0) is 23.6 Å². The summed E-state index contributed by atoms with van der Waals surface area (Å²) in [5.41, 5.74) is 0.840. The Labute approximate surface area is 161 Å². The van der Waals surface area contributed by atoms with Crippen molar-refractivity contribution in [3.8, 4) is 0 Å². The third-order valence-electron chi connectivity index (χ3n) is 4.70. The first-order valence-corrected chi connectivity index (χ1v) is 8.95. The number of carbonyl (C=O) groups is 3. The third-order valence-corrected chi connectivity index (χ3v) is 4.95. The molecule has 1 aromatic carbocycles. The highest BCUT2D eigenvalue weighted by Crippen LogP contribution is 2.36. The van der Waals surface area contributed by atoms with Gasteiger partial charge >= 0.3 is 5.97 Å². The molecule has 27 heavy (non-hydrogen) atoms. The highest BCUT2D eigenvalue weighted by Gasteiger charge is 2.44. The Hall–Kier alpha value is -2.48. The third kappa shape index (κ3) is 6.32. The van der Waals surface area contributed by atoms with Crippen molar-refractivity contribution in [2.24, 2.45) is 17.8 Å². The SMILES string of the molecule is C[C@H]1CC(=O)[C@H](CC(=O)OCC(=O)NCc2ccc(Cl)cc2)[C@@H]1C[N+](=O)[O-]. The first-order chi connectivity index (χ1) is 12.8. The molecule has 0 aromatic heterocycles. The molecule has 1 saturated carbocycles. The van der Waals surface area contributed by atoms with Gasteiger partial charge in [0.25, 0.3) is 5.91 Å². The van der Waals surface area contributed by atoms with E-state index in [-0.39, 0.29) is 37.6 Å². The van der Waals surface area contributed by atoms with Crippen LogP contribution < -0.4 is 5.32 Å². The lowest BCUT2D eigenvalue weighted by molar-refractivity contribution is -0.490. The molecule has 9 heteroatoms. The number of carbonyl (C=O) groups excluding carboxylic acids is 3. The molecule has 2 rings (SSSR count). The van der Waals surface area contributed by atoms with Crippen LogP contribution in [0.5, 0.6) is 0 Å². The number of Topliss-reactive ketones (excluding diaryl/α,β-unsaturated/α-hetero) is 1. The molecule has 0 spiro atoms. The maximum atomic E-state index is 12.0. The van der Waals surface area contributed by atoms with E-state index in [1.54, 1.807) is 31.2 Å². The molecule has 8 nitrogen and oxygen atoms in total. The van der Waals surface area contributed by atoms with Crippen molar-refractivity contribution in [1.82, 2.24) is 5.32 Å². The second kappa shape index (κ2) is 9.45. The predicted molar refractivity (Wildman–Crippen MR) is 96.5 cm³/mol. The number of nitrogens with zero attached hydrogens (tertiary/aromatic N) is 1. The van der Waals surface area contributed by atoms with E-state index in [1.165, 1.54) is 0 Å². The fourth-order valence-corrected chi connectivity index (χ4v) is 3.36. The molecular weight excluding hydrogens is 376 g/mol. The highest BCUT2D eigenvalue weighted by atomic mass is 35.5. The lowest BCUT2D eigenvalue weighted by Crippen LogP contribution is -2.30. The van der Waals surface area contributed by atoms with Crippen molar-refractivity contribution >= 4 is 29.3 Å². The minimum Gasteiger partial charge on any atom is -0.456 e. The Bertz CT molecular complexity index is 721. The molecule has 1 aliphatic carbocycles. The number of hydrogen-bond donors (Lipinski definition) is 1. The minimum atomic E-state index is -0.727. The molecule has 0 bridgehead atoms. The zero-order valence-corrected chi connectivity index (χ0v) is 15.6. The van der Waals surface area contributed by atoms with Crippen LogP contribution in [0.4, 0.5) is 0 Å². The lowest BCUT2D eigenvalue weighted by atomic mass is 9.88. The number of benzene rings is 1. The molecule has 0 radical (unpaired) electrons. The molecule has 1 N–H and O–H groups in total. The van der Waals surface area contributed by atoms with Crippen LogP contribution in [0.3, 0.4) is 0 Å². The van der Waals surface area contributed by atoms with Gasteiger partial charge in [-0.25, -0.2) is 0 Å². The van der Waals surface area contributed by atoms with E-state index in [0.29, 0.717) is 5.02 Å². The van der Waals surface area contributed by atoms with Crippen LogP contribution in [0.25, 0.3) is 0 Å². The summed E-state index contributed by atoms with van der Waals surface area (Å²) in [6, 6.07) is 6.92. The van der Waals surface area contributed by atoms with E-state index in [9.17, 15) is 24.5 Å². The van der Waals surface area contributed by atoms with Crippen LogP contribution in [0.1, 0.15) is 25.3 Å². The number of nitro groups is 1. The standard InChI is InChI=1S/C18H21ClN2O6/c1-11-6-16(22)14(15(11)9-21(25)26)7-18(24)27-10-17(23)20-8-12-2-4-13(19)5-3-12/h2-5,11,14-15H,6-10H2,1H3,(H,20,23)/t11-,14+,15+/m0/s1. The van der Waals surface area contributed by atoms with Crippen molar-refractivity contribution in [3.05, 3.63) is 45.0 Å². The van der Waals surface area contributed by atoms with Gasteiger partial charge in [0.2, 0.25) is 6.54 Å². The van der Waals surface area contributed by atoms with Gasteiger partial charge in [0.05, 0.1) is 6.42 Å². The summed E-state index contributed by atoms with van der Waals surface area (Å²) >= 11 is 5.78. The van der Waals surface area contributed by atoms with E-state index in [4.69, 9.17) is 16.3 Å². The molecule has 1 aliphatic rings. The normalized spacial score (nSPS) is 21.7. The number of amides is 1. The zero-order valence-electron chi connectivity index (χ0n) is 14.9. The van der Waals surface area contributed by atoms with Crippen LogP contribution in [-0.4, -0.2) is 35.7 Å². The molecule has 1 fully saturated rings. The number of halogens is 1. The van der Waals surface area contributed by atoms with Gasteiger partial charge in [-0.15, -0.1) is 0 Å². The Morgan fingerprint density at radius 3 is 2.63 bits per heavy atom. The summed E-state index contributed by atoms with van der Waals surface area (Å²) in [4.78, 5) is 46.1. The number of rotatable bonds is 8. The van der Waals surface area contributed by atoms with Crippen LogP contribution >= 0.6 is 11.6 Å². The highest BCUT2D eigenvalue weighted by molar-refractivity contribution is 6.30.